The van der Waals surface area contributed by atoms with Crippen molar-refractivity contribution in [2.45, 2.75) is 50.8 Å². The van der Waals surface area contributed by atoms with Gasteiger partial charge in [0.05, 0.1) is 6.10 Å². The van der Waals surface area contributed by atoms with E-state index in [2.05, 4.69) is 28.8 Å². The number of nitrogens with one attached hydrogen (secondary N) is 2. The lowest BCUT2D eigenvalue weighted by Gasteiger charge is -2.21. The summed E-state index contributed by atoms with van der Waals surface area (Å²) >= 11 is 0. The SMILES string of the molecule is COC1CCCC1NCc1ccc2c(c1)CCCN2. The average Bonchev–Trinajstić information content (AvgIpc) is 2.92. The number of hydrogen-bond donors (Lipinski definition) is 2. The minimum Gasteiger partial charge on any atom is -0.385 e. The molecule has 0 aromatic heterocycles. The second-order valence-corrected chi connectivity index (χ2v) is 5.71. The van der Waals surface area contributed by atoms with Gasteiger partial charge in [-0.1, -0.05) is 12.1 Å². The monoisotopic (exact) mass is 260 g/mol. The van der Waals surface area contributed by atoms with Gasteiger partial charge in [0.1, 0.15) is 0 Å². The van der Waals surface area contributed by atoms with Crippen molar-refractivity contribution in [3.63, 3.8) is 0 Å². The Morgan fingerprint density at radius 1 is 1.32 bits per heavy atom. The highest BCUT2D eigenvalue weighted by Gasteiger charge is 2.26. The molecule has 1 aromatic carbocycles. The van der Waals surface area contributed by atoms with Gasteiger partial charge in [0, 0.05) is 31.9 Å². The van der Waals surface area contributed by atoms with Crippen LogP contribution >= 0.6 is 0 Å². The van der Waals surface area contributed by atoms with E-state index in [0.717, 1.165) is 13.1 Å². The van der Waals surface area contributed by atoms with Gasteiger partial charge in [0.15, 0.2) is 0 Å². The summed E-state index contributed by atoms with van der Waals surface area (Å²) in [4.78, 5) is 0. The Balaban J connectivity index is 1.60. The van der Waals surface area contributed by atoms with Crippen LogP contribution < -0.4 is 10.6 Å². The van der Waals surface area contributed by atoms with Crippen LogP contribution in [-0.4, -0.2) is 25.8 Å². The van der Waals surface area contributed by atoms with Crippen molar-refractivity contribution in [3.05, 3.63) is 29.3 Å². The van der Waals surface area contributed by atoms with Crippen LogP contribution in [0.1, 0.15) is 36.8 Å². The number of anilines is 1. The van der Waals surface area contributed by atoms with E-state index in [9.17, 15) is 0 Å². The molecule has 3 heteroatoms. The standard InChI is InChI=1S/C16H24N2O/c1-19-16-6-2-5-15(16)18-11-12-7-8-14-13(10-12)4-3-9-17-14/h7-8,10,15-18H,2-6,9,11H2,1H3. The third-order valence-corrected chi connectivity index (χ3v) is 4.43. The van der Waals surface area contributed by atoms with Gasteiger partial charge in [-0.3, -0.25) is 0 Å². The second kappa shape index (κ2) is 5.93. The fraction of sp³-hybridized carbons (Fsp3) is 0.625. The number of benzene rings is 1. The fourth-order valence-electron chi connectivity index (χ4n) is 3.33. The molecule has 0 radical (unpaired) electrons. The smallest absolute Gasteiger partial charge is 0.0724 e. The maximum absolute atomic E-state index is 5.53. The molecular weight excluding hydrogens is 236 g/mol. The zero-order valence-corrected chi connectivity index (χ0v) is 11.7. The summed E-state index contributed by atoms with van der Waals surface area (Å²) in [5.41, 5.74) is 4.19. The molecule has 2 unspecified atom stereocenters. The first-order chi connectivity index (χ1) is 9.36. The van der Waals surface area contributed by atoms with E-state index >= 15 is 0 Å². The summed E-state index contributed by atoms with van der Waals surface area (Å²) in [6, 6.07) is 7.35. The summed E-state index contributed by atoms with van der Waals surface area (Å²) in [6.07, 6.45) is 6.58. The molecule has 2 aliphatic rings. The Bertz CT molecular complexity index is 433. The number of ether oxygens (including phenoxy) is 1. The van der Waals surface area contributed by atoms with Gasteiger partial charge in [0.2, 0.25) is 0 Å². The Morgan fingerprint density at radius 3 is 3.16 bits per heavy atom. The third kappa shape index (κ3) is 2.93. The van der Waals surface area contributed by atoms with E-state index in [1.54, 1.807) is 0 Å². The largest absolute Gasteiger partial charge is 0.385 e. The molecule has 0 saturated heterocycles. The van der Waals surface area contributed by atoms with Gasteiger partial charge in [0.25, 0.3) is 0 Å². The van der Waals surface area contributed by atoms with Crippen LogP contribution in [0.5, 0.6) is 0 Å². The molecule has 1 aliphatic carbocycles. The van der Waals surface area contributed by atoms with Crippen LogP contribution in [0.15, 0.2) is 18.2 Å². The molecule has 2 atom stereocenters. The highest BCUT2D eigenvalue weighted by atomic mass is 16.5. The minimum absolute atomic E-state index is 0.402. The molecule has 104 valence electrons. The van der Waals surface area contributed by atoms with Gasteiger partial charge in [-0.2, -0.15) is 0 Å². The molecule has 1 heterocycles. The van der Waals surface area contributed by atoms with Crippen LogP contribution in [0.25, 0.3) is 0 Å². The molecule has 0 bridgehead atoms. The fourth-order valence-corrected chi connectivity index (χ4v) is 3.33. The average molecular weight is 260 g/mol. The van der Waals surface area contributed by atoms with Gasteiger partial charge < -0.3 is 15.4 Å². The van der Waals surface area contributed by atoms with E-state index < -0.39 is 0 Å². The highest BCUT2D eigenvalue weighted by molar-refractivity contribution is 5.54. The van der Waals surface area contributed by atoms with Crippen LogP contribution in [0.3, 0.4) is 0 Å². The molecule has 19 heavy (non-hydrogen) atoms. The maximum atomic E-state index is 5.53. The van der Waals surface area contributed by atoms with Crippen molar-refractivity contribution in [2.24, 2.45) is 0 Å². The normalized spacial score (nSPS) is 25.9. The first kappa shape index (κ1) is 12.9. The Morgan fingerprint density at radius 2 is 2.26 bits per heavy atom. The van der Waals surface area contributed by atoms with Crippen LogP contribution in [0.4, 0.5) is 5.69 Å². The minimum atomic E-state index is 0.402. The highest BCUT2D eigenvalue weighted by Crippen LogP contribution is 2.24. The van der Waals surface area contributed by atoms with Crippen molar-refractivity contribution in [1.82, 2.24) is 5.32 Å². The van der Waals surface area contributed by atoms with Gasteiger partial charge in [-0.25, -0.2) is 0 Å². The molecule has 0 spiro atoms. The topological polar surface area (TPSA) is 33.3 Å². The van der Waals surface area contributed by atoms with E-state index in [1.807, 2.05) is 7.11 Å². The molecule has 3 nitrogen and oxygen atoms in total. The lowest BCUT2D eigenvalue weighted by atomic mass is 10.0. The van der Waals surface area contributed by atoms with Crippen LogP contribution in [0.2, 0.25) is 0 Å². The van der Waals surface area contributed by atoms with Gasteiger partial charge >= 0.3 is 0 Å². The zero-order chi connectivity index (χ0) is 13.1. The molecule has 0 amide bonds. The molecule has 1 aromatic rings. The van der Waals surface area contributed by atoms with Crippen molar-refractivity contribution in [2.75, 3.05) is 19.0 Å². The molecule has 2 N–H and O–H groups in total. The summed E-state index contributed by atoms with van der Waals surface area (Å²) < 4.78 is 5.53. The molecular formula is C16H24N2O. The Kier molecular flexibility index (Phi) is 4.04. The number of methoxy groups -OCH3 is 1. The number of hydrogen-bond acceptors (Lipinski definition) is 3. The first-order valence-corrected chi connectivity index (χ1v) is 7.48. The second-order valence-electron chi connectivity index (χ2n) is 5.71. The predicted molar refractivity (Wildman–Crippen MR) is 78.5 cm³/mol. The number of aryl methyl sites for hydroxylation is 1. The molecule has 3 rings (SSSR count). The van der Waals surface area contributed by atoms with E-state index in [0.29, 0.717) is 12.1 Å². The lowest BCUT2D eigenvalue weighted by molar-refractivity contribution is 0.0847. The van der Waals surface area contributed by atoms with E-state index in [-0.39, 0.29) is 0 Å². The summed E-state index contributed by atoms with van der Waals surface area (Å²) in [5, 5.41) is 7.12. The van der Waals surface area contributed by atoms with Crippen molar-refractivity contribution >= 4 is 5.69 Å². The lowest BCUT2D eigenvalue weighted by Crippen LogP contribution is -2.36. The van der Waals surface area contributed by atoms with Gasteiger partial charge in [-0.15, -0.1) is 0 Å². The zero-order valence-electron chi connectivity index (χ0n) is 11.7. The van der Waals surface area contributed by atoms with Gasteiger partial charge in [-0.05, 0) is 49.3 Å². The Hall–Kier alpha value is -1.06. The van der Waals surface area contributed by atoms with Crippen LogP contribution in [0, 0.1) is 0 Å². The number of fused-ring (bicyclic) bond motifs is 1. The molecule has 1 fully saturated rings. The molecule has 1 saturated carbocycles. The maximum Gasteiger partial charge on any atom is 0.0724 e. The third-order valence-electron chi connectivity index (χ3n) is 4.43. The summed E-state index contributed by atoms with van der Waals surface area (Å²) in [5.74, 6) is 0. The van der Waals surface area contributed by atoms with Crippen molar-refractivity contribution in [1.29, 1.82) is 0 Å². The quantitative estimate of drug-likeness (QED) is 0.873. The van der Waals surface area contributed by atoms with Crippen molar-refractivity contribution < 1.29 is 4.74 Å². The van der Waals surface area contributed by atoms with Crippen molar-refractivity contribution in [3.8, 4) is 0 Å². The predicted octanol–water partition coefficient (Wildman–Crippen LogP) is 2.70. The molecule has 1 aliphatic heterocycles. The first-order valence-electron chi connectivity index (χ1n) is 7.48. The number of rotatable bonds is 4. The van der Waals surface area contributed by atoms with E-state index in [4.69, 9.17) is 4.74 Å². The Labute approximate surface area is 115 Å². The summed E-state index contributed by atoms with van der Waals surface area (Å²) in [6.45, 7) is 2.07. The van der Waals surface area contributed by atoms with E-state index in [1.165, 1.54) is 48.9 Å². The van der Waals surface area contributed by atoms with Crippen LogP contribution in [-0.2, 0) is 17.7 Å². The summed E-state index contributed by atoms with van der Waals surface area (Å²) in [7, 11) is 1.83.